The number of hydrogen-bond acceptors (Lipinski definition) is 7. The number of nitrogens with zero attached hydrogens (tertiary/aromatic N) is 2. The number of benzene rings is 1. The fourth-order valence-corrected chi connectivity index (χ4v) is 5.83. The van der Waals surface area contributed by atoms with Gasteiger partial charge in [0.05, 0.1) is 31.3 Å². The molecule has 220 valence electrons. The first-order chi connectivity index (χ1) is 19.4. The van der Waals surface area contributed by atoms with Crippen molar-refractivity contribution in [1.29, 1.82) is 0 Å². The molecule has 0 aromatic heterocycles. The number of allylic oxidation sites excluding steroid dienone is 1. The van der Waals surface area contributed by atoms with Crippen LogP contribution in [0.5, 0.6) is 0 Å². The molecule has 3 aliphatic rings. The molecule has 1 aromatic rings. The molecule has 0 aliphatic carbocycles. The van der Waals surface area contributed by atoms with Crippen LogP contribution < -0.4 is 16.4 Å². The summed E-state index contributed by atoms with van der Waals surface area (Å²) in [5.41, 5.74) is 8.44. The van der Waals surface area contributed by atoms with E-state index in [9.17, 15) is 4.79 Å². The molecule has 10 heteroatoms. The number of hydrogen-bond donors (Lipinski definition) is 3. The Bertz CT molecular complexity index is 1050. The van der Waals surface area contributed by atoms with E-state index in [1.165, 1.54) is 6.34 Å². The van der Waals surface area contributed by atoms with Crippen LogP contribution in [0.15, 0.2) is 52.8 Å². The van der Waals surface area contributed by atoms with Gasteiger partial charge in [0.1, 0.15) is 5.70 Å². The lowest BCUT2D eigenvalue weighted by atomic mass is 9.98. The van der Waals surface area contributed by atoms with Crippen molar-refractivity contribution < 1.29 is 19.0 Å². The molecule has 3 aliphatic heterocycles. The van der Waals surface area contributed by atoms with Crippen LogP contribution in [0.1, 0.15) is 57.1 Å². The highest BCUT2D eigenvalue weighted by molar-refractivity contribution is 6.30. The van der Waals surface area contributed by atoms with E-state index in [1.54, 1.807) is 7.11 Å². The van der Waals surface area contributed by atoms with Gasteiger partial charge >= 0.3 is 0 Å². The van der Waals surface area contributed by atoms with Gasteiger partial charge in [0.15, 0.2) is 0 Å². The lowest BCUT2D eigenvalue weighted by Crippen LogP contribution is -2.54. The van der Waals surface area contributed by atoms with Crippen molar-refractivity contribution in [2.45, 2.75) is 75.8 Å². The molecule has 1 unspecified atom stereocenters. The van der Waals surface area contributed by atoms with Gasteiger partial charge < -0.3 is 35.5 Å². The highest BCUT2D eigenvalue weighted by atomic mass is 35.5. The lowest BCUT2D eigenvalue weighted by Gasteiger charge is -2.38. The number of nitrogens with two attached hydrogens (primary N) is 1. The van der Waals surface area contributed by atoms with Gasteiger partial charge in [-0.3, -0.25) is 4.79 Å². The van der Waals surface area contributed by atoms with Crippen molar-refractivity contribution in [1.82, 2.24) is 15.5 Å². The van der Waals surface area contributed by atoms with E-state index in [0.717, 1.165) is 55.7 Å². The molecular weight excluding hydrogens is 530 g/mol. The van der Waals surface area contributed by atoms with E-state index in [0.29, 0.717) is 49.3 Å². The van der Waals surface area contributed by atoms with Crippen LogP contribution in [0.4, 0.5) is 0 Å². The molecule has 9 nitrogen and oxygen atoms in total. The first kappa shape index (κ1) is 30.5. The number of nitrogens with one attached hydrogen (secondary N) is 2. The summed E-state index contributed by atoms with van der Waals surface area (Å²) in [6, 6.07) is 8.46. The van der Waals surface area contributed by atoms with Crippen molar-refractivity contribution in [3.8, 4) is 0 Å². The average molecular weight is 574 g/mol. The quantitative estimate of drug-likeness (QED) is 0.169. The molecule has 3 heterocycles. The van der Waals surface area contributed by atoms with Gasteiger partial charge in [-0.2, -0.15) is 0 Å². The van der Waals surface area contributed by atoms with Gasteiger partial charge in [0.2, 0.25) is 0 Å². The fraction of sp³-hybridized carbons (Fsp3) is 0.600. The standard InChI is InChI=1S/C30H44ClN5O4/c1-20(21(2)33-17-25-5-4-6-27(40-25)22-7-9-23(31)10-8-22)29(34-19-32)30(37)36-14-11-24(12-15-36)35-26-13-16-39-18-28(26)38-3/h7-10,19,24-28,33,35H,2,4-6,11-18H2,1,3H3,(H2,32,34)/b29-20-/t25-,26-,27?,28+/m0/s1. The minimum Gasteiger partial charge on any atom is -0.390 e. The highest BCUT2D eigenvalue weighted by Gasteiger charge is 2.31. The van der Waals surface area contributed by atoms with Crippen molar-refractivity contribution in [3.63, 3.8) is 0 Å². The smallest absolute Gasteiger partial charge is 0.272 e. The second kappa shape index (κ2) is 15.0. The molecule has 0 spiro atoms. The molecule has 4 atom stereocenters. The molecule has 1 aromatic carbocycles. The Morgan fingerprint density at radius 2 is 1.98 bits per heavy atom. The number of halogens is 1. The number of amides is 1. The summed E-state index contributed by atoms with van der Waals surface area (Å²) >= 11 is 6.04. The van der Waals surface area contributed by atoms with E-state index in [4.69, 9.17) is 31.5 Å². The van der Waals surface area contributed by atoms with E-state index in [-0.39, 0.29) is 30.3 Å². The van der Waals surface area contributed by atoms with Gasteiger partial charge in [0.25, 0.3) is 5.91 Å². The van der Waals surface area contributed by atoms with E-state index in [1.807, 2.05) is 36.1 Å². The van der Waals surface area contributed by atoms with Crippen LogP contribution in [0.25, 0.3) is 0 Å². The molecule has 0 radical (unpaired) electrons. The van der Waals surface area contributed by atoms with Gasteiger partial charge in [-0.15, -0.1) is 0 Å². The maximum atomic E-state index is 13.5. The highest BCUT2D eigenvalue weighted by Crippen LogP contribution is 2.32. The van der Waals surface area contributed by atoms with Gasteiger partial charge in [-0.05, 0) is 63.1 Å². The topological polar surface area (TPSA) is 110 Å². The van der Waals surface area contributed by atoms with E-state index in [2.05, 4.69) is 22.2 Å². The third kappa shape index (κ3) is 8.07. The summed E-state index contributed by atoms with van der Waals surface area (Å²) in [7, 11) is 1.73. The molecule has 3 saturated heterocycles. The second-order valence-corrected chi connectivity index (χ2v) is 11.3. The van der Waals surface area contributed by atoms with Gasteiger partial charge in [-0.1, -0.05) is 30.3 Å². The molecule has 3 fully saturated rings. The number of rotatable bonds is 10. The Morgan fingerprint density at radius 1 is 1.23 bits per heavy atom. The van der Waals surface area contributed by atoms with Crippen molar-refractivity contribution in [3.05, 3.63) is 58.4 Å². The Labute approximate surface area is 243 Å². The monoisotopic (exact) mass is 573 g/mol. The Kier molecular flexibility index (Phi) is 11.4. The molecule has 0 bridgehead atoms. The number of piperidine rings is 1. The summed E-state index contributed by atoms with van der Waals surface area (Å²) in [4.78, 5) is 19.6. The molecule has 1 amide bonds. The normalized spacial score (nSPS) is 26.9. The van der Waals surface area contributed by atoms with Crippen molar-refractivity contribution >= 4 is 23.8 Å². The average Bonchev–Trinajstić information content (AvgIpc) is 2.99. The van der Waals surface area contributed by atoms with Crippen LogP contribution >= 0.6 is 11.6 Å². The van der Waals surface area contributed by atoms with Crippen LogP contribution in [-0.2, 0) is 19.0 Å². The predicted octanol–water partition coefficient (Wildman–Crippen LogP) is 3.70. The van der Waals surface area contributed by atoms with Crippen molar-refractivity contribution in [2.24, 2.45) is 10.7 Å². The zero-order valence-electron chi connectivity index (χ0n) is 23.7. The Hall–Kier alpha value is -2.43. The molecule has 4 rings (SSSR count). The van der Waals surface area contributed by atoms with Crippen molar-refractivity contribution in [2.75, 3.05) is 40.0 Å². The maximum Gasteiger partial charge on any atom is 0.272 e. The van der Waals surface area contributed by atoms with Gasteiger partial charge in [-0.25, -0.2) is 4.99 Å². The summed E-state index contributed by atoms with van der Waals surface area (Å²) < 4.78 is 17.5. The third-order valence-electron chi connectivity index (χ3n) is 8.19. The Balaban J connectivity index is 1.30. The molecule has 4 N–H and O–H groups in total. The van der Waals surface area contributed by atoms with E-state index >= 15 is 0 Å². The number of carbonyl (C=O) groups is 1. The lowest BCUT2D eigenvalue weighted by molar-refractivity contribution is -0.128. The first-order valence-corrected chi connectivity index (χ1v) is 14.7. The summed E-state index contributed by atoms with van der Waals surface area (Å²) in [6.07, 6.45) is 7.00. The minimum atomic E-state index is -0.127. The largest absolute Gasteiger partial charge is 0.390 e. The zero-order valence-corrected chi connectivity index (χ0v) is 24.5. The minimum absolute atomic E-state index is 0.0381. The number of likely N-dealkylation sites (tertiary alicyclic amines) is 1. The summed E-state index contributed by atoms with van der Waals surface area (Å²) in [5.74, 6) is -0.127. The van der Waals surface area contributed by atoms with E-state index < -0.39 is 0 Å². The van der Waals surface area contributed by atoms with Gasteiger partial charge in [0, 0.05) is 61.7 Å². The number of methoxy groups -OCH3 is 1. The molecule has 0 saturated carbocycles. The summed E-state index contributed by atoms with van der Waals surface area (Å²) in [5, 5.41) is 7.83. The van der Waals surface area contributed by atoms with Crippen LogP contribution in [-0.4, -0.2) is 81.4 Å². The number of carbonyl (C=O) groups excluding carboxylic acids is 1. The maximum absolute atomic E-state index is 13.5. The van der Waals surface area contributed by atoms with Crippen LogP contribution in [0, 0.1) is 0 Å². The second-order valence-electron chi connectivity index (χ2n) is 10.8. The number of aliphatic imine (C=N–C) groups is 1. The summed E-state index contributed by atoms with van der Waals surface area (Å²) in [6.45, 7) is 9.30. The molecular formula is C30H44ClN5O4. The van der Waals surface area contributed by atoms with Crippen LogP contribution in [0.3, 0.4) is 0 Å². The SMILES string of the molecule is C=C(NC[C@@H]1CCCC(c2ccc(Cl)cc2)O1)/C(C)=C(\N=CN)C(=O)N1CCC(N[C@H]2CCOC[C@H]2OC)CC1. The molecule has 40 heavy (non-hydrogen) atoms. The van der Waals surface area contributed by atoms with Crippen LogP contribution in [0.2, 0.25) is 5.02 Å². The zero-order chi connectivity index (χ0) is 28.5. The fourth-order valence-electron chi connectivity index (χ4n) is 5.71. The third-order valence-corrected chi connectivity index (χ3v) is 8.44. The number of ether oxygens (including phenoxy) is 3. The first-order valence-electron chi connectivity index (χ1n) is 14.3. The predicted molar refractivity (Wildman–Crippen MR) is 158 cm³/mol. The Morgan fingerprint density at radius 3 is 2.67 bits per heavy atom.